The Kier molecular flexibility index (Phi) is 4.69. The smallest absolute Gasteiger partial charge is 0.293 e. The first kappa shape index (κ1) is 17.4. The van der Waals surface area contributed by atoms with Gasteiger partial charge in [0, 0.05) is 0 Å². The average molecular weight is 374 g/mol. The van der Waals surface area contributed by atoms with Crippen LogP contribution in [0.3, 0.4) is 0 Å². The Morgan fingerprint density at radius 1 is 1.15 bits per heavy atom. The number of imidazole rings is 1. The molecule has 0 fully saturated rings. The molecule has 0 bridgehead atoms. The Labute approximate surface area is 161 Å². The maximum absolute atomic E-state index is 13.2. The van der Waals surface area contributed by atoms with Gasteiger partial charge in [-0.1, -0.05) is 60.1 Å². The number of aromatic nitrogens is 4. The van der Waals surface area contributed by atoms with Gasteiger partial charge in [-0.25, -0.2) is 9.67 Å². The van der Waals surface area contributed by atoms with E-state index in [1.54, 1.807) is 13.1 Å². The molecule has 2 heterocycles. The van der Waals surface area contributed by atoms with E-state index in [0.29, 0.717) is 24.1 Å². The van der Waals surface area contributed by atoms with Crippen molar-refractivity contribution in [3.05, 3.63) is 64.6 Å². The van der Waals surface area contributed by atoms with Gasteiger partial charge in [0.15, 0.2) is 5.16 Å². The molecule has 0 saturated heterocycles. The van der Waals surface area contributed by atoms with Crippen LogP contribution in [0.4, 0.5) is 0 Å². The van der Waals surface area contributed by atoms with Crippen molar-refractivity contribution in [1.82, 2.24) is 19.3 Å². The van der Waals surface area contributed by atoms with Gasteiger partial charge in [-0.2, -0.15) is 5.10 Å². The SMILES string of the molecule is CC#CCn1c(SC)nc2cnn(Cc3cccc4ccccc34)c(=O)c21. The standard InChI is InChI=1S/C21H18N4OS/c1-3-4-12-24-19-18(23-21(24)27-2)13-22-25(20(19)26)14-16-10-7-9-15-8-5-6-11-17(15)16/h5-11,13H,12,14H2,1-2H3. The second-order valence-electron chi connectivity index (χ2n) is 6.09. The summed E-state index contributed by atoms with van der Waals surface area (Å²) in [5.41, 5.74) is 2.08. The summed E-state index contributed by atoms with van der Waals surface area (Å²) < 4.78 is 3.38. The third-order valence-electron chi connectivity index (χ3n) is 4.51. The van der Waals surface area contributed by atoms with Crippen LogP contribution in [-0.2, 0) is 13.1 Å². The van der Waals surface area contributed by atoms with Crippen LogP contribution in [0.15, 0.2) is 58.6 Å². The Hall–Kier alpha value is -3.04. The highest BCUT2D eigenvalue weighted by molar-refractivity contribution is 7.98. The second-order valence-corrected chi connectivity index (χ2v) is 6.86. The third-order valence-corrected chi connectivity index (χ3v) is 5.19. The Morgan fingerprint density at radius 3 is 2.78 bits per heavy atom. The van der Waals surface area contributed by atoms with Crippen LogP contribution < -0.4 is 5.56 Å². The van der Waals surface area contributed by atoms with Gasteiger partial charge in [-0.05, 0) is 29.5 Å². The number of fused-ring (bicyclic) bond motifs is 2. The van der Waals surface area contributed by atoms with E-state index in [-0.39, 0.29) is 5.56 Å². The molecule has 6 heteroatoms. The van der Waals surface area contributed by atoms with Crippen LogP contribution in [0, 0.1) is 11.8 Å². The first-order valence-corrected chi connectivity index (χ1v) is 9.82. The molecule has 0 N–H and O–H groups in total. The summed E-state index contributed by atoms with van der Waals surface area (Å²) >= 11 is 1.50. The van der Waals surface area contributed by atoms with E-state index in [1.165, 1.54) is 16.4 Å². The zero-order valence-electron chi connectivity index (χ0n) is 15.1. The van der Waals surface area contributed by atoms with Crippen molar-refractivity contribution in [1.29, 1.82) is 0 Å². The number of nitrogens with zero attached hydrogens (tertiary/aromatic N) is 4. The lowest BCUT2D eigenvalue weighted by molar-refractivity contribution is 0.643. The number of benzene rings is 2. The first-order valence-electron chi connectivity index (χ1n) is 8.59. The molecule has 0 amide bonds. The van der Waals surface area contributed by atoms with Crippen LogP contribution in [-0.4, -0.2) is 25.6 Å². The molecule has 5 nitrogen and oxygen atoms in total. The topological polar surface area (TPSA) is 52.7 Å². The van der Waals surface area contributed by atoms with E-state index in [4.69, 9.17) is 0 Å². The lowest BCUT2D eigenvalue weighted by Crippen LogP contribution is -2.25. The van der Waals surface area contributed by atoms with Crippen molar-refractivity contribution in [3.8, 4) is 11.8 Å². The van der Waals surface area contributed by atoms with Gasteiger partial charge < -0.3 is 4.57 Å². The van der Waals surface area contributed by atoms with E-state index >= 15 is 0 Å². The molecule has 0 saturated carbocycles. The molecule has 0 radical (unpaired) electrons. The van der Waals surface area contributed by atoms with Crippen LogP contribution >= 0.6 is 11.8 Å². The molecule has 2 aromatic carbocycles. The van der Waals surface area contributed by atoms with Crippen molar-refractivity contribution in [2.75, 3.05) is 6.26 Å². The minimum Gasteiger partial charge on any atom is -0.302 e. The summed E-state index contributed by atoms with van der Waals surface area (Å²) in [5, 5.41) is 7.41. The summed E-state index contributed by atoms with van der Waals surface area (Å²) in [4.78, 5) is 17.7. The van der Waals surface area contributed by atoms with Crippen molar-refractivity contribution >= 4 is 33.6 Å². The molecule has 27 heavy (non-hydrogen) atoms. The Bertz CT molecular complexity index is 1250. The van der Waals surface area contributed by atoms with Crippen LogP contribution in [0.5, 0.6) is 0 Å². The van der Waals surface area contributed by atoms with Gasteiger partial charge in [-0.3, -0.25) is 4.79 Å². The molecule has 0 aliphatic rings. The highest BCUT2D eigenvalue weighted by Gasteiger charge is 2.15. The maximum atomic E-state index is 13.2. The first-order chi connectivity index (χ1) is 13.2. The van der Waals surface area contributed by atoms with Crippen molar-refractivity contribution in [3.63, 3.8) is 0 Å². The molecule has 0 aliphatic heterocycles. The molecule has 2 aromatic heterocycles. The summed E-state index contributed by atoms with van der Waals surface area (Å²) in [6.45, 7) is 2.64. The largest absolute Gasteiger partial charge is 0.302 e. The van der Waals surface area contributed by atoms with Crippen molar-refractivity contribution in [2.45, 2.75) is 25.2 Å². The molecule has 0 unspecified atom stereocenters. The quantitative estimate of drug-likeness (QED) is 0.405. The average Bonchev–Trinajstić information content (AvgIpc) is 3.07. The van der Waals surface area contributed by atoms with E-state index in [9.17, 15) is 4.79 Å². The van der Waals surface area contributed by atoms with Crippen LogP contribution in [0.1, 0.15) is 12.5 Å². The molecule has 0 atom stereocenters. The van der Waals surface area contributed by atoms with Gasteiger partial charge in [0.25, 0.3) is 5.56 Å². The van der Waals surface area contributed by atoms with Crippen molar-refractivity contribution < 1.29 is 0 Å². The minimum absolute atomic E-state index is 0.147. The fraction of sp³-hybridized carbons (Fsp3) is 0.190. The van der Waals surface area contributed by atoms with Gasteiger partial charge >= 0.3 is 0 Å². The molecule has 0 spiro atoms. The van der Waals surface area contributed by atoms with Gasteiger partial charge in [0.2, 0.25) is 0 Å². The predicted octanol–water partition coefficient (Wildman–Crippen LogP) is 3.54. The fourth-order valence-corrected chi connectivity index (χ4v) is 3.80. The molecular weight excluding hydrogens is 356 g/mol. The van der Waals surface area contributed by atoms with Crippen LogP contribution in [0.2, 0.25) is 0 Å². The Balaban J connectivity index is 1.86. The molecule has 134 valence electrons. The van der Waals surface area contributed by atoms with E-state index in [2.05, 4.69) is 40.1 Å². The molecular formula is C21H18N4OS. The Morgan fingerprint density at radius 2 is 1.96 bits per heavy atom. The number of thioether (sulfide) groups is 1. The lowest BCUT2D eigenvalue weighted by Gasteiger charge is -2.09. The zero-order valence-corrected chi connectivity index (χ0v) is 16.0. The fourth-order valence-electron chi connectivity index (χ4n) is 3.23. The summed E-state index contributed by atoms with van der Waals surface area (Å²) in [5.74, 6) is 5.91. The molecule has 4 aromatic rings. The monoisotopic (exact) mass is 374 g/mol. The highest BCUT2D eigenvalue weighted by Crippen LogP contribution is 2.21. The van der Waals surface area contributed by atoms with E-state index < -0.39 is 0 Å². The normalized spacial score (nSPS) is 10.9. The lowest BCUT2D eigenvalue weighted by atomic mass is 10.0. The summed E-state index contributed by atoms with van der Waals surface area (Å²) in [6, 6.07) is 14.3. The number of hydrogen-bond acceptors (Lipinski definition) is 4. The predicted molar refractivity (Wildman–Crippen MR) is 110 cm³/mol. The van der Waals surface area contributed by atoms with Gasteiger partial charge in [0.1, 0.15) is 11.0 Å². The maximum Gasteiger partial charge on any atom is 0.293 e. The second kappa shape index (κ2) is 7.29. The van der Waals surface area contributed by atoms with Gasteiger partial charge in [-0.15, -0.1) is 5.92 Å². The van der Waals surface area contributed by atoms with Crippen LogP contribution in [0.25, 0.3) is 21.8 Å². The molecule has 4 rings (SSSR count). The number of rotatable bonds is 4. The summed E-state index contributed by atoms with van der Waals surface area (Å²) in [6.07, 6.45) is 3.61. The zero-order chi connectivity index (χ0) is 18.8. The minimum atomic E-state index is -0.147. The highest BCUT2D eigenvalue weighted by atomic mass is 32.2. The summed E-state index contributed by atoms with van der Waals surface area (Å²) in [7, 11) is 0. The van der Waals surface area contributed by atoms with Gasteiger partial charge in [0.05, 0.1) is 19.3 Å². The number of hydrogen-bond donors (Lipinski definition) is 0. The van der Waals surface area contributed by atoms with E-state index in [1.807, 2.05) is 35.1 Å². The third kappa shape index (κ3) is 3.11. The molecule has 0 aliphatic carbocycles. The van der Waals surface area contributed by atoms with Crippen molar-refractivity contribution in [2.24, 2.45) is 0 Å². The van der Waals surface area contributed by atoms with E-state index in [0.717, 1.165) is 21.5 Å².